The van der Waals surface area contributed by atoms with Crippen LogP contribution in [0, 0.1) is 0 Å². The van der Waals surface area contributed by atoms with Crippen LogP contribution in [-0.4, -0.2) is 19.5 Å². The third-order valence-electron chi connectivity index (χ3n) is 3.07. The first-order chi connectivity index (χ1) is 8.83. The van der Waals surface area contributed by atoms with Crippen molar-refractivity contribution < 1.29 is 0 Å². The summed E-state index contributed by atoms with van der Waals surface area (Å²) >= 11 is 0. The number of hydrogen-bond acceptors (Lipinski definition) is 3. The third-order valence-corrected chi connectivity index (χ3v) is 3.07. The molecule has 0 fully saturated rings. The van der Waals surface area contributed by atoms with E-state index in [9.17, 15) is 0 Å². The molecule has 0 unspecified atom stereocenters. The number of pyridine rings is 2. The normalized spacial score (nSPS) is 10.9. The zero-order valence-corrected chi connectivity index (χ0v) is 10.2. The summed E-state index contributed by atoms with van der Waals surface area (Å²) in [5.41, 5.74) is 2.10. The highest BCUT2D eigenvalue weighted by Crippen LogP contribution is 2.11. The average Bonchev–Trinajstić information content (AvgIpc) is 2.82. The van der Waals surface area contributed by atoms with Gasteiger partial charge in [0.05, 0.1) is 5.52 Å². The van der Waals surface area contributed by atoms with Gasteiger partial charge in [-0.3, -0.25) is 9.97 Å². The van der Waals surface area contributed by atoms with Crippen LogP contribution in [0.25, 0.3) is 10.9 Å². The van der Waals surface area contributed by atoms with Crippen molar-refractivity contribution in [3.63, 3.8) is 0 Å². The van der Waals surface area contributed by atoms with Crippen LogP contribution in [-0.2, 0) is 19.9 Å². The van der Waals surface area contributed by atoms with Crippen LogP contribution in [0.5, 0.6) is 0 Å². The minimum Gasteiger partial charge on any atom is -0.338 e. The molecule has 4 heteroatoms. The number of aromatic nitrogens is 4. The van der Waals surface area contributed by atoms with Gasteiger partial charge >= 0.3 is 0 Å². The standard InChI is InChI=1S/C14H14N4/c1-18-9-8-16-14(18)5-4-12-3-2-11-10-15-7-6-13(11)17-12/h2-3,6-10H,4-5H2,1H3. The van der Waals surface area contributed by atoms with E-state index >= 15 is 0 Å². The summed E-state index contributed by atoms with van der Waals surface area (Å²) in [4.78, 5) is 13.0. The summed E-state index contributed by atoms with van der Waals surface area (Å²) in [6.45, 7) is 0. The van der Waals surface area contributed by atoms with Gasteiger partial charge in [-0.2, -0.15) is 0 Å². The molecule has 0 aromatic carbocycles. The second-order valence-electron chi connectivity index (χ2n) is 4.33. The van der Waals surface area contributed by atoms with Crippen molar-refractivity contribution >= 4 is 10.9 Å². The molecule has 0 aliphatic carbocycles. The maximum atomic E-state index is 4.63. The van der Waals surface area contributed by atoms with E-state index in [4.69, 9.17) is 0 Å². The van der Waals surface area contributed by atoms with E-state index in [2.05, 4.69) is 27.1 Å². The van der Waals surface area contributed by atoms with Gasteiger partial charge in [0.15, 0.2) is 0 Å². The minimum absolute atomic E-state index is 0.906. The predicted octanol–water partition coefficient (Wildman–Crippen LogP) is 2.15. The van der Waals surface area contributed by atoms with Crippen LogP contribution in [0.1, 0.15) is 11.5 Å². The van der Waals surface area contributed by atoms with Gasteiger partial charge in [0, 0.05) is 49.3 Å². The van der Waals surface area contributed by atoms with Crippen LogP contribution in [0.3, 0.4) is 0 Å². The lowest BCUT2D eigenvalue weighted by atomic mass is 10.2. The van der Waals surface area contributed by atoms with Gasteiger partial charge in [0.1, 0.15) is 5.82 Å². The second-order valence-corrected chi connectivity index (χ2v) is 4.33. The lowest BCUT2D eigenvalue weighted by Crippen LogP contribution is -2.01. The number of aryl methyl sites for hydroxylation is 3. The molecule has 0 aliphatic heterocycles. The molecule has 0 N–H and O–H groups in total. The van der Waals surface area contributed by atoms with Gasteiger partial charge in [-0.1, -0.05) is 0 Å². The number of fused-ring (bicyclic) bond motifs is 1. The van der Waals surface area contributed by atoms with Gasteiger partial charge in [-0.15, -0.1) is 0 Å². The van der Waals surface area contributed by atoms with E-state index in [1.165, 1.54) is 0 Å². The van der Waals surface area contributed by atoms with E-state index in [0.717, 1.165) is 35.3 Å². The van der Waals surface area contributed by atoms with E-state index in [1.54, 1.807) is 6.20 Å². The van der Waals surface area contributed by atoms with Crippen molar-refractivity contribution in [2.75, 3.05) is 0 Å². The SMILES string of the molecule is Cn1ccnc1CCc1ccc2cnccc2n1. The molecule has 0 bridgehead atoms. The summed E-state index contributed by atoms with van der Waals surface area (Å²) in [5, 5.41) is 1.08. The van der Waals surface area contributed by atoms with Crippen LogP contribution in [0.15, 0.2) is 43.0 Å². The molecule has 3 rings (SSSR count). The molecule has 0 amide bonds. The largest absolute Gasteiger partial charge is 0.338 e. The Kier molecular flexibility index (Phi) is 2.76. The van der Waals surface area contributed by atoms with Crippen molar-refractivity contribution in [3.05, 3.63) is 54.5 Å². The van der Waals surface area contributed by atoms with Crippen LogP contribution < -0.4 is 0 Å². The zero-order valence-electron chi connectivity index (χ0n) is 10.2. The van der Waals surface area contributed by atoms with E-state index in [0.29, 0.717) is 0 Å². The first kappa shape index (κ1) is 10.9. The lowest BCUT2D eigenvalue weighted by molar-refractivity contribution is 0.763. The Morgan fingerprint density at radius 3 is 2.89 bits per heavy atom. The fourth-order valence-corrected chi connectivity index (χ4v) is 2.02. The Balaban J connectivity index is 1.81. The average molecular weight is 238 g/mol. The fourth-order valence-electron chi connectivity index (χ4n) is 2.02. The topological polar surface area (TPSA) is 43.6 Å². The predicted molar refractivity (Wildman–Crippen MR) is 70.2 cm³/mol. The zero-order chi connectivity index (χ0) is 12.4. The maximum Gasteiger partial charge on any atom is 0.108 e. The molecule has 0 spiro atoms. The molecule has 3 heterocycles. The van der Waals surface area contributed by atoms with Gasteiger partial charge in [-0.25, -0.2) is 4.98 Å². The quantitative estimate of drug-likeness (QED) is 0.702. The van der Waals surface area contributed by atoms with Gasteiger partial charge in [-0.05, 0) is 24.6 Å². The number of nitrogens with zero attached hydrogens (tertiary/aromatic N) is 4. The molecule has 0 aliphatic rings. The van der Waals surface area contributed by atoms with Crippen molar-refractivity contribution in [2.45, 2.75) is 12.8 Å². The molecule has 0 saturated heterocycles. The second kappa shape index (κ2) is 4.56. The number of rotatable bonds is 3. The summed E-state index contributed by atoms with van der Waals surface area (Å²) in [6, 6.07) is 6.08. The molecule has 18 heavy (non-hydrogen) atoms. The number of hydrogen-bond donors (Lipinski definition) is 0. The van der Waals surface area contributed by atoms with Crippen molar-refractivity contribution in [2.24, 2.45) is 7.05 Å². The first-order valence-electron chi connectivity index (χ1n) is 5.99. The molecular weight excluding hydrogens is 224 g/mol. The first-order valence-corrected chi connectivity index (χ1v) is 5.99. The van der Waals surface area contributed by atoms with Gasteiger partial charge in [0.2, 0.25) is 0 Å². The van der Waals surface area contributed by atoms with Crippen LogP contribution in [0.4, 0.5) is 0 Å². The van der Waals surface area contributed by atoms with E-state index < -0.39 is 0 Å². The van der Waals surface area contributed by atoms with Crippen molar-refractivity contribution in [1.29, 1.82) is 0 Å². The summed E-state index contributed by atoms with van der Waals surface area (Å²) in [6.07, 6.45) is 9.22. The smallest absolute Gasteiger partial charge is 0.108 e. The molecule has 4 nitrogen and oxygen atoms in total. The van der Waals surface area contributed by atoms with E-state index in [-0.39, 0.29) is 0 Å². The Labute approximate surface area is 105 Å². The van der Waals surface area contributed by atoms with Gasteiger partial charge < -0.3 is 4.57 Å². The Hall–Kier alpha value is -2.23. The molecular formula is C14H14N4. The molecule has 0 radical (unpaired) electrons. The molecule has 90 valence electrons. The summed E-state index contributed by atoms with van der Waals surface area (Å²) in [7, 11) is 2.02. The Morgan fingerprint density at radius 1 is 1.11 bits per heavy atom. The molecule has 0 saturated carbocycles. The highest BCUT2D eigenvalue weighted by Gasteiger charge is 2.02. The molecule has 3 aromatic rings. The van der Waals surface area contributed by atoms with Crippen LogP contribution >= 0.6 is 0 Å². The Bertz CT molecular complexity index is 672. The van der Waals surface area contributed by atoms with Crippen LogP contribution in [0.2, 0.25) is 0 Å². The molecule has 3 aromatic heterocycles. The highest BCUT2D eigenvalue weighted by molar-refractivity contribution is 5.77. The monoisotopic (exact) mass is 238 g/mol. The minimum atomic E-state index is 0.906. The number of imidazole rings is 1. The van der Waals surface area contributed by atoms with Crippen molar-refractivity contribution in [3.8, 4) is 0 Å². The fraction of sp³-hybridized carbons (Fsp3) is 0.214. The highest BCUT2D eigenvalue weighted by atomic mass is 15.0. The summed E-state index contributed by atoms with van der Waals surface area (Å²) < 4.78 is 2.05. The maximum absolute atomic E-state index is 4.63. The van der Waals surface area contributed by atoms with Gasteiger partial charge in [0.25, 0.3) is 0 Å². The lowest BCUT2D eigenvalue weighted by Gasteiger charge is -2.03. The third kappa shape index (κ3) is 2.09. The summed E-state index contributed by atoms with van der Waals surface area (Å²) in [5.74, 6) is 1.09. The van der Waals surface area contributed by atoms with Crippen molar-refractivity contribution in [1.82, 2.24) is 19.5 Å². The van der Waals surface area contributed by atoms with E-state index in [1.807, 2.05) is 36.3 Å². The molecule has 0 atom stereocenters. The Morgan fingerprint density at radius 2 is 2.06 bits per heavy atom.